The number of esters is 1. The second-order valence-electron chi connectivity index (χ2n) is 4.98. The Balaban J connectivity index is 1.89. The Morgan fingerprint density at radius 3 is 2.71 bits per heavy atom. The summed E-state index contributed by atoms with van der Waals surface area (Å²) in [6.45, 7) is 3.41. The minimum Gasteiger partial charge on any atom is -0.449 e. The van der Waals surface area contributed by atoms with Crippen LogP contribution in [0.15, 0.2) is 36.4 Å². The van der Waals surface area contributed by atoms with Crippen molar-refractivity contribution in [1.82, 2.24) is 0 Å². The maximum atomic E-state index is 13.1. The number of carbonyl (C=O) groups excluding carboxylic acids is 2. The van der Waals surface area contributed by atoms with Crippen LogP contribution in [0.25, 0.3) is 6.08 Å². The number of carbonyl (C=O) groups is 2. The number of hydrogen-bond acceptors (Lipinski definition) is 4. The van der Waals surface area contributed by atoms with Gasteiger partial charge < -0.3 is 10.1 Å². The van der Waals surface area contributed by atoms with Gasteiger partial charge in [-0.3, -0.25) is 4.79 Å². The quantitative estimate of drug-likeness (QED) is 0.628. The Morgan fingerprint density at radius 1 is 1.33 bits per heavy atom. The van der Waals surface area contributed by atoms with Gasteiger partial charge in [-0.2, -0.15) is 0 Å². The van der Waals surface area contributed by atoms with Crippen LogP contribution in [0.5, 0.6) is 0 Å². The monoisotopic (exact) mass is 367 g/mol. The molecule has 0 aliphatic heterocycles. The molecule has 0 fully saturated rings. The highest BCUT2D eigenvalue weighted by molar-refractivity contribution is 7.12. The van der Waals surface area contributed by atoms with Gasteiger partial charge in [0.15, 0.2) is 6.10 Å². The number of amides is 1. The first-order valence-corrected chi connectivity index (χ1v) is 8.25. The molecule has 0 aliphatic carbocycles. The number of aryl methyl sites for hydroxylation is 1. The molecule has 1 heterocycles. The number of ether oxygens (including phenoxy) is 1. The predicted octanol–water partition coefficient (Wildman–Crippen LogP) is 4.43. The summed E-state index contributed by atoms with van der Waals surface area (Å²) in [5, 5.41) is 2.40. The standard InChI is InChI=1S/C17H15ClFNO3S/c1-10-3-5-13(24-10)6-8-16(21)23-11(2)17(22)20-12-4-7-15(19)14(18)9-12/h3-9,11H,1-2H3,(H,20,22)/b8-6+/t11-/m1/s1. The van der Waals surface area contributed by atoms with Crippen LogP contribution < -0.4 is 5.32 Å². The van der Waals surface area contributed by atoms with Crippen molar-refractivity contribution in [3.63, 3.8) is 0 Å². The van der Waals surface area contributed by atoms with Crippen LogP contribution >= 0.6 is 22.9 Å². The fourth-order valence-corrected chi connectivity index (χ4v) is 2.74. The molecule has 1 N–H and O–H groups in total. The first-order valence-electron chi connectivity index (χ1n) is 7.06. The minimum absolute atomic E-state index is 0.105. The summed E-state index contributed by atoms with van der Waals surface area (Å²) < 4.78 is 18.1. The Kier molecular flexibility index (Phi) is 6.11. The van der Waals surface area contributed by atoms with E-state index in [1.807, 2.05) is 19.1 Å². The summed E-state index contributed by atoms with van der Waals surface area (Å²) in [5.41, 5.74) is 0.318. The van der Waals surface area contributed by atoms with Gasteiger partial charge in [0.1, 0.15) is 5.82 Å². The molecule has 0 unspecified atom stereocenters. The highest BCUT2D eigenvalue weighted by Crippen LogP contribution is 2.20. The molecular formula is C17H15ClFNO3S. The number of benzene rings is 1. The summed E-state index contributed by atoms with van der Waals surface area (Å²) in [6, 6.07) is 7.62. The SMILES string of the molecule is Cc1ccc(/C=C/C(=O)O[C@H](C)C(=O)Nc2ccc(F)c(Cl)c2)s1. The van der Waals surface area contributed by atoms with E-state index in [2.05, 4.69) is 5.32 Å². The first-order chi connectivity index (χ1) is 11.3. The third kappa shape index (κ3) is 5.18. The van der Waals surface area contributed by atoms with Crippen molar-refractivity contribution in [3.05, 3.63) is 57.0 Å². The lowest BCUT2D eigenvalue weighted by Gasteiger charge is -2.12. The average Bonchev–Trinajstić information content (AvgIpc) is 2.94. The second-order valence-corrected chi connectivity index (χ2v) is 6.71. The van der Waals surface area contributed by atoms with Crippen molar-refractivity contribution in [2.24, 2.45) is 0 Å². The molecule has 0 aliphatic rings. The normalized spacial score (nSPS) is 12.2. The number of thiophene rings is 1. The Morgan fingerprint density at radius 2 is 2.08 bits per heavy atom. The summed E-state index contributed by atoms with van der Waals surface area (Å²) in [7, 11) is 0. The van der Waals surface area contributed by atoms with Crippen LogP contribution in [0, 0.1) is 12.7 Å². The number of anilines is 1. The Hall–Kier alpha value is -2.18. The summed E-state index contributed by atoms with van der Waals surface area (Å²) in [5.74, 6) is -1.74. The van der Waals surface area contributed by atoms with Gasteiger partial charge in [-0.15, -0.1) is 11.3 Å². The van der Waals surface area contributed by atoms with Crippen molar-refractivity contribution in [2.75, 3.05) is 5.32 Å². The van der Waals surface area contributed by atoms with Crippen LogP contribution in [0.3, 0.4) is 0 Å². The third-order valence-electron chi connectivity index (χ3n) is 2.99. The van der Waals surface area contributed by atoms with E-state index in [4.69, 9.17) is 16.3 Å². The van der Waals surface area contributed by atoms with Gasteiger partial charge in [-0.05, 0) is 50.3 Å². The van der Waals surface area contributed by atoms with Crippen LogP contribution in [-0.2, 0) is 14.3 Å². The largest absolute Gasteiger partial charge is 0.449 e. The minimum atomic E-state index is -1.00. The van der Waals surface area contributed by atoms with E-state index in [9.17, 15) is 14.0 Å². The Bertz CT molecular complexity index is 788. The smallest absolute Gasteiger partial charge is 0.331 e. The average molecular weight is 368 g/mol. The molecule has 4 nitrogen and oxygen atoms in total. The topological polar surface area (TPSA) is 55.4 Å². The molecule has 1 atom stereocenters. The molecule has 2 aromatic rings. The van der Waals surface area contributed by atoms with E-state index in [0.717, 1.165) is 15.8 Å². The van der Waals surface area contributed by atoms with Gasteiger partial charge in [-0.25, -0.2) is 9.18 Å². The molecule has 1 amide bonds. The first kappa shape index (κ1) is 18.2. The maximum absolute atomic E-state index is 13.1. The molecule has 1 aromatic heterocycles. The highest BCUT2D eigenvalue weighted by Gasteiger charge is 2.17. The lowest BCUT2D eigenvalue weighted by atomic mass is 10.3. The molecular weight excluding hydrogens is 353 g/mol. The lowest BCUT2D eigenvalue weighted by molar-refractivity contribution is -0.148. The zero-order valence-electron chi connectivity index (χ0n) is 13.0. The van der Waals surface area contributed by atoms with Gasteiger partial charge in [0.25, 0.3) is 5.91 Å². The number of nitrogens with one attached hydrogen (secondary N) is 1. The molecule has 2 rings (SSSR count). The van der Waals surface area contributed by atoms with Crippen molar-refractivity contribution < 1.29 is 18.7 Å². The van der Waals surface area contributed by atoms with Crippen LogP contribution in [0.4, 0.5) is 10.1 Å². The van der Waals surface area contributed by atoms with E-state index in [1.54, 1.807) is 17.4 Å². The van der Waals surface area contributed by atoms with E-state index in [1.165, 1.54) is 25.1 Å². The molecule has 1 aromatic carbocycles. The molecule has 0 saturated heterocycles. The van der Waals surface area contributed by atoms with E-state index < -0.39 is 23.8 Å². The summed E-state index contributed by atoms with van der Waals surface area (Å²) >= 11 is 7.18. The fourth-order valence-electron chi connectivity index (χ4n) is 1.78. The summed E-state index contributed by atoms with van der Waals surface area (Å²) in [4.78, 5) is 25.8. The summed E-state index contributed by atoms with van der Waals surface area (Å²) in [6.07, 6.45) is 1.89. The van der Waals surface area contributed by atoms with Gasteiger partial charge in [-0.1, -0.05) is 11.6 Å². The zero-order valence-corrected chi connectivity index (χ0v) is 14.6. The molecule has 7 heteroatoms. The number of halogens is 2. The molecule has 0 bridgehead atoms. The highest BCUT2D eigenvalue weighted by atomic mass is 35.5. The molecule has 24 heavy (non-hydrogen) atoms. The maximum Gasteiger partial charge on any atom is 0.331 e. The predicted molar refractivity (Wildman–Crippen MR) is 93.7 cm³/mol. The van der Waals surface area contributed by atoms with Crippen molar-refractivity contribution in [2.45, 2.75) is 20.0 Å². The molecule has 0 saturated carbocycles. The molecule has 0 spiro atoms. The van der Waals surface area contributed by atoms with Crippen LogP contribution in [-0.4, -0.2) is 18.0 Å². The molecule has 126 valence electrons. The lowest BCUT2D eigenvalue weighted by Crippen LogP contribution is -2.29. The second kappa shape index (κ2) is 8.08. The Labute approximate surface area is 147 Å². The van der Waals surface area contributed by atoms with Gasteiger partial charge in [0.05, 0.1) is 5.02 Å². The third-order valence-corrected chi connectivity index (χ3v) is 4.25. The van der Waals surface area contributed by atoms with E-state index in [0.29, 0.717) is 5.69 Å². The molecule has 0 radical (unpaired) electrons. The van der Waals surface area contributed by atoms with Gasteiger partial charge in [0.2, 0.25) is 0 Å². The van der Waals surface area contributed by atoms with E-state index in [-0.39, 0.29) is 5.02 Å². The van der Waals surface area contributed by atoms with Gasteiger partial charge >= 0.3 is 5.97 Å². The van der Waals surface area contributed by atoms with Gasteiger partial charge in [0, 0.05) is 21.5 Å². The number of hydrogen-bond donors (Lipinski definition) is 1. The van der Waals surface area contributed by atoms with E-state index >= 15 is 0 Å². The number of rotatable bonds is 5. The van der Waals surface area contributed by atoms with Crippen molar-refractivity contribution in [1.29, 1.82) is 0 Å². The van der Waals surface area contributed by atoms with Crippen LogP contribution in [0.2, 0.25) is 5.02 Å². The zero-order chi connectivity index (χ0) is 17.7. The van der Waals surface area contributed by atoms with Crippen molar-refractivity contribution in [3.8, 4) is 0 Å². The fraction of sp³-hybridized carbons (Fsp3) is 0.176. The van der Waals surface area contributed by atoms with Crippen LogP contribution in [0.1, 0.15) is 16.7 Å². The van der Waals surface area contributed by atoms with Crippen molar-refractivity contribution >= 4 is 46.6 Å².